The fraction of sp³-hybridized carbons (Fsp3) is 0.381. The Labute approximate surface area is 173 Å². The maximum atomic E-state index is 12.6. The largest absolute Gasteiger partial charge is 0.339 e. The van der Waals surface area contributed by atoms with Gasteiger partial charge in [0.15, 0.2) is 0 Å². The molecule has 3 rings (SSSR count). The molecule has 2 heterocycles. The van der Waals surface area contributed by atoms with Crippen LogP contribution in [-0.2, 0) is 24.3 Å². The lowest BCUT2D eigenvalue weighted by Gasteiger charge is -2.18. The zero-order chi connectivity index (χ0) is 21.8. The van der Waals surface area contributed by atoms with Gasteiger partial charge >= 0.3 is 5.69 Å². The number of aromatic nitrogens is 2. The highest BCUT2D eigenvalue weighted by atomic mass is 16.2. The van der Waals surface area contributed by atoms with Gasteiger partial charge in [-0.25, -0.2) is 9.36 Å². The summed E-state index contributed by atoms with van der Waals surface area (Å²) in [6.07, 6.45) is 1.18. The van der Waals surface area contributed by atoms with E-state index in [9.17, 15) is 24.4 Å². The molecule has 1 aliphatic heterocycles. The fourth-order valence-corrected chi connectivity index (χ4v) is 3.62. The number of hydrogen-bond acceptors (Lipinski definition) is 5. The van der Waals surface area contributed by atoms with Crippen molar-refractivity contribution in [1.29, 1.82) is 5.26 Å². The van der Waals surface area contributed by atoms with Crippen molar-refractivity contribution >= 4 is 17.5 Å². The van der Waals surface area contributed by atoms with Crippen molar-refractivity contribution in [1.82, 2.24) is 14.0 Å². The Morgan fingerprint density at radius 1 is 1.17 bits per heavy atom. The third-order valence-electron chi connectivity index (χ3n) is 5.21. The number of fused-ring (bicyclic) bond motifs is 1. The zero-order valence-corrected chi connectivity index (χ0v) is 17.0. The molecular formula is C21H23N5O4. The van der Waals surface area contributed by atoms with E-state index in [1.165, 1.54) is 4.57 Å². The molecule has 1 aliphatic rings. The van der Waals surface area contributed by atoms with Gasteiger partial charge in [0, 0.05) is 36.6 Å². The molecule has 9 heteroatoms. The average molecular weight is 409 g/mol. The predicted octanol–water partition coefficient (Wildman–Crippen LogP) is 0.949. The lowest BCUT2D eigenvalue weighted by molar-refractivity contribution is -0.116. The Kier molecular flexibility index (Phi) is 6.16. The Hall–Kier alpha value is -3.67. The third kappa shape index (κ3) is 3.89. The van der Waals surface area contributed by atoms with Gasteiger partial charge in [-0.05, 0) is 51.0 Å². The average Bonchev–Trinajstić information content (AvgIpc) is 3.22. The van der Waals surface area contributed by atoms with Crippen LogP contribution in [-0.4, -0.2) is 38.9 Å². The van der Waals surface area contributed by atoms with Crippen LogP contribution in [0, 0.1) is 11.3 Å². The van der Waals surface area contributed by atoms with E-state index in [1.807, 2.05) is 19.9 Å². The van der Waals surface area contributed by atoms with Crippen LogP contribution >= 0.6 is 0 Å². The standard InChI is InChI=1S/C21H23N5O4/c1-3-24(4-2)19(28)14-7-9-15(10-8-14)23-18(27)13-26-20(29)16(12-22)17-6-5-11-25(17)21(26)30/h7-10H,3-6,11,13H2,1-2H3,(H,23,27). The van der Waals surface area contributed by atoms with E-state index in [0.717, 1.165) is 4.57 Å². The molecule has 0 unspecified atom stereocenters. The van der Waals surface area contributed by atoms with Crippen molar-refractivity contribution in [2.45, 2.75) is 39.8 Å². The minimum atomic E-state index is -0.744. The molecule has 0 aliphatic carbocycles. The zero-order valence-electron chi connectivity index (χ0n) is 17.0. The number of benzene rings is 1. The van der Waals surface area contributed by atoms with E-state index >= 15 is 0 Å². The van der Waals surface area contributed by atoms with Crippen LogP contribution in [0.5, 0.6) is 0 Å². The van der Waals surface area contributed by atoms with Crippen LogP contribution in [0.2, 0.25) is 0 Å². The summed E-state index contributed by atoms with van der Waals surface area (Å²) in [7, 11) is 0. The minimum Gasteiger partial charge on any atom is -0.339 e. The molecule has 0 fully saturated rings. The summed E-state index contributed by atoms with van der Waals surface area (Å²) < 4.78 is 2.18. The van der Waals surface area contributed by atoms with E-state index in [0.29, 0.717) is 49.4 Å². The van der Waals surface area contributed by atoms with Crippen molar-refractivity contribution in [3.8, 4) is 6.07 Å². The summed E-state index contributed by atoms with van der Waals surface area (Å²) in [6.45, 7) is 4.93. The van der Waals surface area contributed by atoms with Gasteiger partial charge in [0.25, 0.3) is 11.5 Å². The maximum absolute atomic E-state index is 12.6. The van der Waals surface area contributed by atoms with Gasteiger partial charge in [-0.3, -0.25) is 19.0 Å². The van der Waals surface area contributed by atoms with E-state index in [4.69, 9.17) is 0 Å². The van der Waals surface area contributed by atoms with E-state index < -0.39 is 23.7 Å². The summed E-state index contributed by atoms with van der Waals surface area (Å²) >= 11 is 0. The lowest BCUT2D eigenvalue weighted by Crippen LogP contribution is -2.44. The molecule has 30 heavy (non-hydrogen) atoms. The van der Waals surface area contributed by atoms with E-state index in [1.54, 1.807) is 29.2 Å². The van der Waals surface area contributed by atoms with Crippen LogP contribution in [0.4, 0.5) is 5.69 Å². The van der Waals surface area contributed by atoms with Gasteiger partial charge in [-0.2, -0.15) is 5.26 Å². The van der Waals surface area contributed by atoms with Crippen LogP contribution in [0.3, 0.4) is 0 Å². The number of nitriles is 1. The third-order valence-corrected chi connectivity index (χ3v) is 5.21. The number of carbonyl (C=O) groups is 2. The summed E-state index contributed by atoms with van der Waals surface area (Å²) in [4.78, 5) is 51.6. The number of anilines is 1. The fourth-order valence-electron chi connectivity index (χ4n) is 3.62. The Morgan fingerprint density at radius 2 is 1.83 bits per heavy atom. The molecule has 0 radical (unpaired) electrons. The summed E-state index contributed by atoms with van der Waals surface area (Å²) in [6, 6.07) is 8.27. The first-order chi connectivity index (χ1) is 14.4. The first-order valence-electron chi connectivity index (χ1n) is 9.87. The molecule has 0 bridgehead atoms. The molecule has 0 saturated heterocycles. The molecule has 1 N–H and O–H groups in total. The second kappa shape index (κ2) is 8.78. The number of hydrogen-bond donors (Lipinski definition) is 1. The van der Waals surface area contributed by atoms with E-state index in [-0.39, 0.29) is 11.5 Å². The van der Waals surface area contributed by atoms with Crippen LogP contribution < -0.4 is 16.6 Å². The highest BCUT2D eigenvalue weighted by molar-refractivity contribution is 5.95. The first kappa shape index (κ1) is 21.0. The second-order valence-electron chi connectivity index (χ2n) is 6.97. The molecule has 2 aromatic rings. The highest BCUT2D eigenvalue weighted by Gasteiger charge is 2.23. The number of nitrogens with one attached hydrogen (secondary N) is 1. The number of carbonyl (C=O) groups excluding carboxylic acids is 2. The van der Waals surface area contributed by atoms with Crippen molar-refractivity contribution in [3.05, 3.63) is 61.9 Å². The highest BCUT2D eigenvalue weighted by Crippen LogP contribution is 2.14. The van der Waals surface area contributed by atoms with Gasteiger partial charge in [0.1, 0.15) is 18.2 Å². The molecule has 0 spiro atoms. The van der Waals surface area contributed by atoms with Crippen molar-refractivity contribution in [3.63, 3.8) is 0 Å². The molecule has 9 nitrogen and oxygen atoms in total. The molecular weight excluding hydrogens is 386 g/mol. The SMILES string of the molecule is CCN(CC)C(=O)c1ccc(NC(=O)Cn2c(=O)c(C#N)c3n(c2=O)CCC3)cc1. The van der Waals surface area contributed by atoms with Crippen molar-refractivity contribution < 1.29 is 9.59 Å². The first-order valence-corrected chi connectivity index (χ1v) is 9.87. The van der Waals surface area contributed by atoms with Crippen molar-refractivity contribution in [2.75, 3.05) is 18.4 Å². The Morgan fingerprint density at radius 3 is 2.43 bits per heavy atom. The maximum Gasteiger partial charge on any atom is 0.331 e. The van der Waals surface area contributed by atoms with Gasteiger partial charge in [0.2, 0.25) is 5.91 Å². The number of nitrogens with zero attached hydrogens (tertiary/aromatic N) is 4. The molecule has 0 saturated carbocycles. The lowest BCUT2D eigenvalue weighted by atomic mass is 10.1. The molecule has 156 valence electrons. The van der Waals surface area contributed by atoms with Crippen LogP contribution in [0.1, 0.15) is 41.9 Å². The quantitative estimate of drug-likeness (QED) is 0.762. The van der Waals surface area contributed by atoms with Crippen LogP contribution in [0.25, 0.3) is 0 Å². The Balaban J connectivity index is 1.77. The van der Waals surface area contributed by atoms with Gasteiger partial charge in [-0.1, -0.05) is 0 Å². The summed E-state index contributed by atoms with van der Waals surface area (Å²) in [5, 5.41) is 11.9. The van der Waals surface area contributed by atoms with Crippen LogP contribution in [0.15, 0.2) is 33.9 Å². The number of rotatable bonds is 6. The summed E-state index contributed by atoms with van der Waals surface area (Å²) in [5.74, 6) is -0.668. The van der Waals surface area contributed by atoms with Gasteiger partial charge < -0.3 is 10.2 Å². The second-order valence-corrected chi connectivity index (χ2v) is 6.97. The molecule has 1 aromatic heterocycles. The molecule has 1 aromatic carbocycles. The minimum absolute atomic E-state index is 0.0841. The monoisotopic (exact) mass is 409 g/mol. The molecule has 2 amide bonds. The van der Waals surface area contributed by atoms with E-state index in [2.05, 4.69) is 5.32 Å². The Bertz CT molecular complexity index is 1130. The van der Waals surface area contributed by atoms with Crippen molar-refractivity contribution in [2.24, 2.45) is 0 Å². The van der Waals surface area contributed by atoms with Gasteiger partial charge in [-0.15, -0.1) is 0 Å². The topological polar surface area (TPSA) is 117 Å². The van der Waals surface area contributed by atoms with Gasteiger partial charge in [0.05, 0.1) is 0 Å². The normalized spacial score (nSPS) is 12.2. The predicted molar refractivity (Wildman–Crippen MR) is 110 cm³/mol. The molecule has 0 atom stereocenters. The smallest absolute Gasteiger partial charge is 0.331 e. The summed E-state index contributed by atoms with van der Waals surface area (Å²) in [5.41, 5.74) is -0.0288. The number of amides is 2.